The summed E-state index contributed by atoms with van der Waals surface area (Å²) in [4.78, 5) is 8.36. The minimum Gasteiger partial charge on any atom is -0.384 e. The molecule has 0 aliphatic heterocycles. The number of nitrogens with two attached hydrogens (primary N) is 1. The van der Waals surface area contributed by atoms with Gasteiger partial charge < -0.3 is 10.3 Å². The molecule has 0 saturated heterocycles. The van der Waals surface area contributed by atoms with Crippen molar-refractivity contribution in [3.63, 3.8) is 0 Å². The molecular weight excluding hydrogens is 216 g/mol. The van der Waals surface area contributed by atoms with E-state index >= 15 is 0 Å². The van der Waals surface area contributed by atoms with Crippen molar-refractivity contribution in [1.29, 1.82) is 0 Å². The monoisotopic (exact) mass is 230 g/mol. The fourth-order valence-electron chi connectivity index (χ4n) is 1.42. The van der Waals surface area contributed by atoms with Crippen LogP contribution in [0.15, 0.2) is 39.8 Å². The molecule has 2 rings (SSSR count). The van der Waals surface area contributed by atoms with E-state index in [2.05, 4.69) is 15.1 Å². The highest BCUT2D eigenvalue weighted by atomic mass is 16.5. The third-order valence-corrected chi connectivity index (χ3v) is 2.26. The quantitative estimate of drug-likeness (QED) is 0.635. The van der Waals surface area contributed by atoms with Crippen LogP contribution in [0.25, 0.3) is 0 Å². The third kappa shape index (κ3) is 3.14. The first-order valence-corrected chi connectivity index (χ1v) is 5.40. The molecule has 0 radical (unpaired) electrons. The normalized spacial score (nSPS) is 11.7. The van der Waals surface area contributed by atoms with Gasteiger partial charge in [-0.1, -0.05) is 35.5 Å². The van der Waals surface area contributed by atoms with Gasteiger partial charge >= 0.3 is 0 Å². The van der Waals surface area contributed by atoms with Crippen LogP contribution in [-0.2, 0) is 6.42 Å². The topological polar surface area (TPSA) is 77.3 Å². The Kier molecular flexibility index (Phi) is 3.49. The Hall–Kier alpha value is -2.17. The van der Waals surface area contributed by atoms with Crippen molar-refractivity contribution in [2.75, 3.05) is 6.54 Å². The molecule has 1 heterocycles. The molecule has 0 fully saturated rings. The molecule has 0 saturated carbocycles. The SMILES string of the molecule is Cc1nc(CCN=C(N)c2ccccc2)no1. The van der Waals surface area contributed by atoms with Crippen molar-refractivity contribution >= 4 is 5.84 Å². The molecule has 0 atom stereocenters. The van der Waals surface area contributed by atoms with Crippen LogP contribution in [0.3, 0.4) is 0 Å². The fourth-order valence-corrected chi connectivity index (χ4v) is 1.42. The van der Waals surface area contributed by atoms with E-state index in [0.717, 1.165) is 5.56 Å². The summed E-state index contributed by atoms with van der Waals surface area (Å²) < 4.78 is 4.87. The Morgan fingerprint density at radius 3 is 2.76 bits per heavy atom. The number of aryl methyl sites for hydroxylation is 1. The second-order valence-electron chi connectivity index (χ2n) is 3.61. The van der Waals surface area contributed by atoms with Crippen LogP contribution >= 0.6 is 0 Å². The van der Waals surface area contributed by atoms with Gasteiger partial charge in [0.05, 0.1) is 0 Å². The van der Waals surface area contributed by atoms with Gasteiger partial charge in [-0.25, -0.2) is 0 Å². The summed E-state index contributed by atoms with van der Waals surface area (Å²) in [6.07, 6.45) is 0.630. The summed E-state index contributed by atoms with van der Waals surface area (Å²) in [7, 11) is 0. The molecule has 5 heteroatoms. The van der Waals surface area contributed by atoms with E-state index in [4.69, 9.17) is 10.3 Å². The first kappa shape index (κ1) is 11.3. The molecule has 1 aromatic heterocycles. The number of rotatable bonds is 4. The second-order valence-corrected chi connectivity index (χ2v) is 3.61. The summed E-state index contributed by atoms with van der Waals surface area (Å²) >= 11 is 0. The van der Waals surface area contributed by atoms with Crippen LogP contribution in [-0.4, -0.2) is 22.5 Å². The van der Waals surface area contributed by atoms with Crippen LogP contribution < -0.4 is 5.73 Å². The second kappa shape index (κ2) is 5.25. The van der Waals surface area contributed by atoms with Crippen LogP contribution in [0.4, 0.5) is 0 Å². The molecule has 5 nitrogen and oxygen atoms in total. The molecular formula is C12H14N4O. The van der Waals surface area contributed by atoms with Gasteiger partial charge in [0.1, 0.15) is 5.84 Å². The lowest BCUT2D eigenvalue weighted by Crippen LogP contribution is -2.14. The molecule has 2 aromatic rings. The Morgan fingerprint density at radius 2 is 2.12 bits per heavy atom. The van der Waals surface area contributed by atoms with Gasteiger partial charge in [-0.05, 0) is 0 Å². The van der Waals surface area contributed by atoms with E-state index in [-0.39, 0.29) is 0 Å². The number of aliphatic imine (C=N–C) groups is 1. The van der Waals surface area contributed by atoms with Crippen molar-refractivity contribution in [3.05, 3.63) is 47.6 Å². The number of hydrogen-bond donors (Lipinski definition) is 1. The van der Waals surface area contributed by atoms with Gasteiger partial charge in [-0.3, -0.25) is 4.99 Å². The molecule has 0 amide bonds. The van der Waals surface area contributed by atoms with Crippen molar-refractivity contribution in [2.24, 2.45) is 10.7 Å². The van der Waals surface area contributed by atoms with E-state index in [1.54, 1.807) is 6.92 Å². The van der Waals surface area contributed by atoms with Crippen LogP contribution in [0.1, 0.15) is 17.3 Å². The zero-order valence-electron chi connectivity index (χ0n) is 9.63. The van der Waals surface area contributed by atoms with Crippen molar-refractivity contribution < 1.29 is 4.52 Å². The maximum Gasteiger partial charge on any atom is 0.223 e. The van der Waals surface area contributed by atoms with Crippen LogP contribution in [0.5, 0.6) is 0 Å². The summed E-state index contributed by atoms with van der Waals surface area (Å²) in [6.45, 7) is 2.32. The standard InChI is InChI=1S/C12H14N4O/c1-9-15-11(16-17-9)7-8-14-12(13)10-5-3-2-4-6-10/h2-6H,7-8H2,1H3,(H2,13,14). The average molecular weight is 230 g/mol. The van der Waals surface area contributed by atoms with E-state index in [0.29, 0.717) is 30.5 Å². The molecule has 0 aliphatic rings. The predicted molar refractivity (Wildman–Crippen MR) is 64.8 cm³/mol. The highest BCUT2D eigenvalue weighted by Crippen LogP contribution is 1.99. The Labute approximate surface area is 99.4 Å². The van der Waals surface area contributed by atoms with Crippen molar-refractivity contribution in [2.45, 2.75) is 13.3 Å². The lowest BCUT2D eigenvalue weighted by molar-refractivity contribution is 0.387. The maximum absolute atomic E-state index is 5.85. The fraction of sp³-hybridized carbons (Fsp3) is 0.250. The number of amidine groups is 1. The highest BCUT2D eigenvalue weighted by Gasteiger charge is 2.01. The summed E-state index contributed by atoms with van der Waals surface area (Å²) in [6, 6.07) is 9.66. The zero-order chi connectivity index (χ0) is 12.1. The summed E-state index contributed by atoms with van der Waals surface area (Å²) in [5, 5.41) is 3.79. The molecule has 88 valence electrons. The molecule has 0 aliphatic carbocycles. The van der Waals surface area contributed by atoms with Crippen molar-refractivity contribution in [1.82, 2.24) is 10.1 Å². The number of nitrogens with zero attached hydrogens (tertiary/aromatic N) is 3. The third-order valence-electron chi connectivity index (χ3n) is 2.26. The van der Waals surface area contributed by atoms with Crippen LogP contribution in [0, 0.1) is 6.92 Å². The predicted octanol–water partition coefficient (Wildman–Crippen LogP) is 1.33. The maximum atomic E-state index is 5.85. The average Bonchev–Trinajstić information content (AvgIpc) is 2.76. The smallest absolute Gasteiger partial charge is 0.223 e. The molecule has 0 bridgehead atoms. The number of aromatic nitrogens is 2. The first-order chi connectivity index (χ1) is 8.25. The van der Waals surface area contributed by atoms with Gasteiger partial charge in [0, 0.05) is 25.5 Å². The number of hydrogen-bond acceptors (Lipinski definition) is 4. The molecule has 2 N–H and O–H groups in total. The summed E-state index contributed by atoms with van der Waals surface area (Å²) in [5.41, 5.74) is 6.78. The molecule has 0 unspecified atom stereocenters. The lowest BCUT2D eigenvalue weighted by Gasteiger charge is -1.99. The van der Waals surface area contributed by atoms with Gasteiger partial charge in [0.15, 0.2) is 5.82 Å². The lowest BCUT2D eigenvalue weighted by atomic mass is 10.2. The van der Waals surface area contributed by atoms with Gasteiger partial charge in [-0.15, -0.1) is 0 Å². The zero-order valence-corrected chi connectivity index (χ0v) is 9.63. The minimum absolute atomic E-state index is 0.533. The molecule has 0 spiro atoms. The minimum atomic E-state index is 0.533. The van der Waals surface area contributed by atoms with Crippen LogP contribution in [0.2, 0.25) is 0 Å². The van der Waals surface area contributed by atoms with Crippen molar-refractivity contribution in [3.8, 4) is 0 Å². The Balaban J connectivity index is 1.93. The highest BCUT2D eigenvalue weighted by molar-refractivity contribution is 5.97. The Morgan fingerprint density at radius 1 is 1.35 bits per heavy atom. The van der Waals surface area contributed by atoms with Gasteiger partial charge in [-0.2, -0.15) is 4.98 Å². The molecule has 1 aromatic carbocycles. The molecule has 17 heavy (non-hydrogen) atoms. The van der Waals surface area contributed by atoms with Gasteiger partial charge in [0.25, 0.3) is 0 Å². The van der Waals surface area contributed by atoms with E-state index in [9.17, 15) is 0 Å². The van der Waals surface area contributed by atoms with E-state index < -0.39 is 0 Å². The van der Waals surface area contributed by atoms with E-state index in [1.165, 1.54) is 0 Å². The number of benzene rings is 1. The Bertz CT molecular complexity index is 504. The summed E-state index contributed by atoms with van der Waals surface area (Å²) in [5.74, 6) is 1.76. The van der Waals surface area contributed by atoms with E-state index in [1.807, 2.05) is 30.3 Å². The largest absolute Gasteiger partial charge is 0.384 e. The van der Waals surface area contributed by atoms with Gasteiger partial charge in [0.2, 0.25) is 5.89 Å². The first-order valence-electron chi connectivity index (χ1n) is 5.40.